The van der Waals surface area contributed by atoms with Crippen molar-refractivity contribution in [1.29, 1.82) is 0 Å². The summed E-state index contributed by atoms with van der Waals surface area (Å²) in [6.45, 7) is 10.6. The Morgan fingerprint density at radius 1 is 1.00 bits per heavy atom. The maximum atomic E-state index is 12.8. The molecule has 0 bridgehead atoms. The molecule has 0 aromatic heterocycles. The number of hydrogen-bond acceptors (Lipinski definition) is 1. The van der Waals surface area contributed by atoms with Crippen LogP contribution in [0.3, 0.4) is 0 Å². The van der Waals surface area contributed by atoms with Gasteiger partial charge in [0.15, 0.2) is 0 Å². The van der Waals surface area contributed by atoms with Crippen LogP contribution in [0.25, 0.3) is 0 Å². The molecule has 7 heteroatoms. The monoisotopic (exact) mass is 353 g/mol. The molecule has 0 aliphatic rings. The van der Waals surface area contributed by atoms with Gasteiger partial charge in [-0.3, -0.25) is 0 Å². The molecule has 0 saturated carbocycles. The normalized spacial score (nSPS) is 13.8. The van der Waals surface area contributed by atoms with E-state index in [0.29, 0.717) is 0 Å². The van der Waals surface area contributed by atoms with Crippen LogP contribution in [-0.4, -0.2) is 14.7 Å². The molecule has 0 amide bonds. The average Bonchev–Trinajstić information content (AvgIpc) is 2.47. The fraction of sp³-hybridized carbons (Fsp3) is 0.562. The van der Waals surface area contributed by atoms with Crippen LogP contribution < -0.4 is 0 Å². The van der Waals surface area contributed by atoms with E-state index in [1.807, 2.05) is 13.8 Å². The van der Waals surface area contributed by atoms with Gasteiger partial charge in [0.2, 0.25) is 0 Å². The van der Waals surface area contributed by atoms with Crippen LogP contribution in [0, 0.1) is 0 Å². The van der Waals surface area contributed by atoms with E-state index >= 15 is 0 Å². The first kappa shape index (κ1) is 21.8. The van der Waals surface area contributed by atoms with Gasteiger partial charge in [-0.25, -0.2) is 21.8 Å². The van der Waals surface area contributed by atoms with Crippen molar-refractivity contribution in [2.45, 2.75) is 59.1 Å². The summed E-state index contributed by atoms with van der Waals surface area (Å²) < 4.78 is 66.3. The second kappa shape index (κ2) is 9.15. The van der Waals surface area contributed by atoms with Gasteiger partial charge in [0.1, 0.15) is 11.0 Å². The van der Waals surface area contributed by atoms with Crippen molar-refractivity contribution in [3.05, 3.63) is 34.9 Å². The molecular weight excluding hydrogens is 330 g/mol. The highest BCUT2D eigenvalue weighted by molar-refractivity contribution is 7.85. The molecule has 1 aromatic rings. The molecule has 132 valence electrons. The van der Waals surface area contributed by atoms with E-state index in [4.69, 9.17) is 0 Å². The van der Waals surface area contributed by atoms with Crippen LogP contribution >= 0.6 is 0 Å². The first-order valence-electron chi connectivity index (χ1n) is 7.21. The standard InChI is InChI=1S/C14H17F4NOS.C2H6/c1-8(19-21(20)14(2,3)4)9-5-10(12(15)16)7-11(6-9)13(17)18;1-2/h5-7,12-13H,1-4H3;1-2H3/b19-8+;. The first-order chi connectivity index (χ1) is 10.5. The van der Waals surface area contributed by atoms with Crippen LogP contribution in [0.2, 0.25) is 0 Å². The third kappa shape index (κ3) is 6.81. The Labute approximate surface area is 137 Å². The lowest BCUT2D eigenvalue weighted by molar-refractivity contribution is 0.144. The largest absolute Gasteiger partial charge is 0.263 e. The van der Waals surface area contributed by atoms with Crippen molar-refractivity contribution in [2.75, 3.05) is 0 Å². The highest BCUT2D eigenvalue weighted by atomic mass is 32.2. The lowest BCUT2D eigenvalue weighted by atomic mass is 10.0. The maximum Gasteiger partial charge on any atom is 0.263 e. The van der Waals surface area contributed by atoms with E-state index in [-0.39, 0.29) is 11.3 Å². The predicted molar refractivity (Wildman–Crippen MR) is 87.8 cm³/mol. The zero-order valence-corrected chi connectivity index (χ0v) is 15.0. The second-order valence-corrected chi connectivity index (χ2v) is 7.43. The lowest BCUT2D eigenvalue weighted by Crippen LogP contribution is -2.20. The molecule has 0 aliphatic heterocycles. The third-order valence-electron chi connectivity index (χ3n) is 2.64. The number of rotatable bonds is 4. The molecule has 2 nitrogen and oxygen atoms in total. The molecule has 1 atom stereocenters. The van der Waals surface area contributed by atoms with E-state index in [1.165, 1.54) is 6.92 Å². The number of hydrogen-bond donors (Lipinski definition) is 0. The molecule has 0 spiro atoms. The fourth-order valence-electron chi connectivity index (χ4n) is 1.45. The third-order valence-corrected chi connectivity index (χ3v) is 4.13. The summed E-state index contributed by atoms with van der Waals surface area (Å²) in [5, 5.41) is 0. The number of nitrogens with zero attached hydrogens (tertiary/aromatic N) is 1. The van der Waals surface area contributed by atoms with E-state index in [0.717, 1.165) is 18.2 Å². The maximum absolute atomic E-state index is 12.8. The molecule has 0 saturated heterocycles. The number of alkyl halides is 4. The molecular formula is C16H23F4NOS. The number of benzene rings is 1. The van der Waals surface area contributed by atoms with E-state index < -0.39 is 39.7 Å². The van der Waals surface area contributed by atoms with Crippen LogP contribution in [0.15, 0.2) is 22.6 Å². The van der Waals surface area contributed by atoms with Gasteiger partial charge in [0, 0.05) is 11.1 Å². The van der Waals surface area contributed by atoms with E-state index in [9.17, 15) is 21.8 Å². The van der Waals surface area contributed by atoms with Gasteiger partial charge in [-0.15, -0.1) is 0 Å². The first-order valence-corrected chi connectivity index (χ1v) is 8.32. The summed E-state index contributed by atoms with van der Waals surface area (Å²) in [6.07, 6.45) is -5.72. The van der Waals surface area contributed by atoms with Gasteiger partial charge in [-0.1, -0.05) is 13.8 Å². The average molecular weight is 353 g/mol. The van der Waals surface area contributed by atoms with Gasteiger partial charge in [-0.05, 0) is 51.5 Å². The Balaban J connectivity index is 0.00000232. The van der Waals surface area contributed by atoms with Crippen LogP contribution in [0.1, 0.15) is 71.1 Å². The van der Waals surface area contributed by atoms with Crippen molar-refractivity contribution >= 4 is 16.7 Å². The minimum absolute atomic E-state index is 0.126. The van der Waals surface area contributed by atoms with Gasteiger partial charge >= 0.3 is 0 Å². The molecule has 1 aromatic carbocycles. The molecule has 1 unspecified atom stereocenters. The lowest BCUT2D eigenvalue weighted by Gasteiger charge is -2.15. The molecule has 0 aliphatic carbocycles. The SMILES string of the molecule is C/C(=N\S(=O)C(C)(C)C)c1cc(C(F)F)cc(C(F)F)c1.CC. The Kier molecular flexibility index (Phi) is 8.66. The predicted octanol–water partition coefficient (Wildman–Crippen LogP) is 5.86. The summed E-state index contributed by atoms with van der Waals surface area (Å²) >= 11 is 0. The van der Waals surface area contributed by atoms with Gasteiger partial charge in [-0.2, -0.15) is 4.40 Å². The molecule has 1 rings (SSSR count). The second-order valence-electron chi connectivity index (χ2n) is 5.53. The Morgan fingerprint density at radius 3 is 1.70 bits per heavy atom. The summed E-state index contributed by atoms with van der Waals surface area (Å²) in [7, 11) is -1.59. The smallest absolute Gasteiger partial charge is 0.234 e. The van der Waals surface area contributed by atoms with E-state index in [2.05, 4.69) is 4.40 Å². The highest BCUT2D eigenvalue weighted by Crippen LogP contribution is 2.27. The van der Waals surface area contributed by atoms with Gasteiger partial charge in [0.05, 0.1) is 10.5 Å². The molecule has 0 N–H and O–H groups in total. The van der Waals surface area contributed by atoms with Crippen molar-refractivity contribution < 1.29 is 21.8 Å². The molecule has 0 fully saturated rings. The summed E-state index contributed by atoms with van der Waals surface area (Å²) in [6, 6.07) is 2.96. The van der Waals surface area contributed by atoms with Crippen molar-refractivity contribution in [1.82, 2.24) is 0 Å². The summed E-state index contributed by atoms with van der Waals surface area (Å²) in [4.78, 5) is 0. The Bertz CT molecular complexity index is 539. The molecule has 23 heavy (non-hydrogen) atoms. The molecule has 0 radical (unpaired) electrons. The van der Waals surface area contributed by atoms with E-state index in [1.54, 1.807) is 20.8 Å². The summed E-state index contributed by atoms with van der Waals surface area (Å²) in [5.41, 5.74) is -0.689. The van der Waals surface area contributed by atoms with Crippen LogP contribution in [0.5, 0.6) is 0 Å². The van der Waals surface area contributed by atoms with Crippen molar-refractivity contribution in [2.24, 2.45) is 4.40 Å². The Hall–Kier alpha value is -1.24. The zero-order chi connectivity index (χ0) is 18.4. The Morgan fingerprint density at radius 2 is 1.39 bits per heavy atom. The van der Waals surface area contributed by atoms with Crippen molar-refractivity contribution in [3.8, 4) is 0 Å². The topological polar surface area (TPSA) is 29.4 Å². The highest BCUT2D eigenvalue weighted by Gasteiger charge is 2.20. The van der Waals surface area contributed by atoms with Crippen molar-refractivity contribution in [3.63, 3.8) is 0 Å². The molecule has 0 heterocycles. The minimum atomic E-state index is -2.86. The van der Waals surface area contributed by atoms with Gasteiger partial charge < -0.3 is 0 Å². The summed E-state index contributed by atoms with van der Waals surface area (Å²) in [5.74, 6) is 0. The fourth-order valence-corrected chi connectivity index (χ4v) is 2.08. The van der Waals surface area contributed by atoms with Crippen LogP contribution in [-0.2, 0) is 11.0 Å². The minimum Gasteiger partial charge on any atom is -0.234 e. The van der Waals surface area contributed by atoms with Crippen LogP contribution in [0.4, 0.5) is 17.6 Å². The van der Waals surface area contributed by atoms with Gasteiger partial charge in [0.25, 0.3) is 12.9 Å². The number of halogens is 4. The quantitative estimate of drug-likeness (QED) is 0.492. The zero-order valence-electron chi connectivity index (χ0n) is 14.2.